The Morgan fingerprint density at radius 2 is 2.00 bits per heavy atom. The van der Waals surface area contributed by atoms with Crippen LogP contribution in [0.3, 0.4) is 0 Å². The van der Waals surface area contributed by atoms with E-state index in [0.29, 0.717) is 17.1 Å². The summed E-state index contributed by atoms with van der Waals surface area (Å²) in [6.45, 7) is 2.29. The average molecular weight is 317 g/mol. The van der Waals surface area contributed by atoms with Crippen molar-refractivity contribution in [1.82, 2.24) is 4.57 Å². The average Bonchev–Trinajstić information content (AvgIpc) is 2.74. The van der Waals surface area contributed by atoms with Crippen LogP contribution < -0.4 is 5.73 Å². The molecule has 3 nitrogen and oxygen atoms in total. The molecule has 0 unspecified atom stereocenters. The van der Waals surface area contributed by atoms with Crippen LogP contribution in [0.15, 0.2) is 42.5 Å². The monoisotopic (exact) mass is 316 g/mol. The zero-order valence-electron chi connectivity index (χ0n) is 11.9. The molecule has 0 fully saturated rings. The van der Waals surface area contributed by atoms with Gasteiger partial charge in [-0.05, 0) is 30.7 Å². The van der Waals surface area contributed by atoms with E-state index in [1.165, 1.54) is 12.1 Å². The molecule has 0 radical (unpaired) electrons. The van der Waals surface area contributed by atoms with E-state index in [1.807, 2.05) is 35.8 Å². The molecule has 0 aliphatic heterocycles. The summed E-state index contributed by atoms with van der Waals surface area (Å²) in [5.74, 6) is -0.835. The Hall–Kier alpha value is -2.33. The van der Waals surface area contributed by atoms with Crippen molar-refractivity contribution < 1.29 is 9.18 Å². The maximum atomic E-state index is 13.2. The molecule has 0 atom stereocenters. The maximum Gasteiger partial charge on any atom is 0.251 e. The number of aromatic nitrogens is 1. The van der Waals surface area contributed by atoms with Gasteiger partial charge in [0.05, 0.1) is 5.56 Å². The third-order valence-electron chi connectivity index (χ3n) is 3.82. The van der Waals surface area contributed by atoms with E-state index in [2.05, 4.69) is 0 Å². The van der Waals surface area contributed by atoms with Gasteiger partial charge in [0.1, 0.15) is 5.82 Å². The minimum absolute atomic E-state index is 0.359. The van der Waals surface area contributed by atoms with Gasteiger partial charge in [-0.2, -0.15) is 0 Å². The smallest absolute Gasteiger partial charge is 0.251 e. The van der Waals surface area contributed by atoms with Crippen molar-refractivity contribution in [2.45, 2.75) is 13.5 Å². The molecule has 1 aromatic heterocycles. The van der Waals surface area contributed by atoms with Crippen molar-refractivity contribution in [1.29, 1.82) is 0 Å². The van der Waals surface area contributed by atoms with Crippen LogP contribution >= 0.6 is 11.6 Å². The van der Waals surface area contributed by atoms with E-state index in [1.54, 1.807) is 6.07 Å². The first-order valence-electron chi connectivity index (χ1n) is 6.80. The number of amides is 1. The van der Waals surface area contributed by atoms with Crippen LogP contribution in [0.1, 0.15) is 21.6 Å². The van der Waals surface area contributed by atoms with E-state index < -0.39 is 5.91 Å². The molecule has 22 heavy (non-hydrogen) atoms. The molecule has 5 heteroatoms. The summed E-state index contributed by atoms with van der Waals surface area (Å²) >= 11 is 6.11. The number of para-hydroxylation sites is 1. The van der Waals surface area contributed by atoms with Crippen molar-refractivity contribution >= 4 is 28.4 Å². The molecule has 3 aromatic rings. The molecular formula is C17H14ClFN2O. The number of primary amides is 1. The Bertz CT molecular complexity index is 886. The second kappa shape index (κ2) is 5.46. The van der Waals surface area contributed by atoms with Crippen LogP contribution in [0.25, 0.3) is 10.9 Å². The highest BCUT2D eigenvalue weighted by atomic mass is 35.5. The fourth-order valence-corrected chi connectivity index (χ4v) is 2.99. The normalized spacial score (nSPS) is 11.0. The number of nitrogens with two attached hydrogens (primary N) is 1. The van der Waals surface area contributed by atoms with Crippen molar-refractivity contribution in [2.75, 3.05) is 0 Å². The first kappa shape index (κ1) is 14.6. The summed E-state index contributed by atoms with van der Waals surface area (Å²) in [5.41, 5.74) is 8.47. The summed E-state index contributed by atoms with van der Waals surface area (Å²) < 4.78 is 15.1. The van der Waals surface area contributed by atoms with Crippen LogP contribution in [0.5, 0.6) is 0 Å². The largest absolute Gasteiger partial charge is 0.366 e. The van der Waals surface area contributed by atoms with Crippen molar-refractivity contribution in [2.24, 2.45) is 5.73 Å². The van der Waals surface area contributed by atoms with Gasteiger partial charge in [-0.3, -0.25) is 4.79 Å². The van der Waals surface area contributed by atoms with Crippen molar-refractivity contribution in [3.05, 3.63) is 70.1 Å². The molecule has 112 valence electrons. The quantitative estimate of drug-likeness (QED) is 0.783. The summed E-state index contributed by atoms with van der Waals surface area (Å²) in [7, 11) is 0. The molecule has 0 aliphatic carbocycles. The van der Waals surface area contributed by atoms with Crippen LogP contribution in [0.4, 0.5) is 4.39 Å². The highest BCUT2D eigenvalue weighted by molar-refractivity contribution is 6.31. The number of halogens is 2. The topological polar surface area (TPSA) is 48.0 Å². The first-order chi connectivity index (χ1) is 10.5. The lowest BCUT2D eigenvalue weighted by molar-refractivity contribution is 0.100. The molecule has 0 saturated heterocycles. The SMILES string of the molecule is Cc1c(C(N)=O)c2ccccc2n1Cc1ccc(F)cc1Cl. The fraction of sp³-hybridized carbons (Fsp3) is 0.118. The molecule has 0 saturated carbocycles. The zero-order valence-corrected chi connectivity index (χ0v) is 12.7. The van der Waals surface area contributed by atoms with Gasteiger partial charge in [0.2, 0.25) is 0 Å². The number of hydrogen-bond donors (Lipinski definition) is 1. The molecule has 0 spiro atoms. The number of carbonyl (C=O) groups excluding carboxylic acids is 1. The highest BCUT2D eigenvalue weighted by Crippen LogP contribution is 2.28. The first-order valence-corrected chi connectivity index (χ1v) is 7.18. The lowest BCUT2D eigenvalue weighted by atomic mass is 10.1. The van der Waals surface area contributed by atoms with Gasteiger partial charge in [0.15, 0.2) is 0 Å². The molecule has 1 heterocycles. The maximum absolute atomic E-state index is 13.2. The number of hydrogen-bond acceptors (Lipinski definition) is 1. The van der Waals surface area contributed by atoms with Crippen LogP contribution in [-0.2, 0) is 6.54 Å². The van der Waals surface area contributed by atoms with E-state index in [-0.39, 0.29) is 5.82 Å². The Morgan fingerprint density at radius 3 is 2.68 bits per heavy atom. The lowest BCUT2D eigenvalue weighted by Gasteiger charge is -2.10. The van der Waals surface area contributed by atoms with Gasteiger partial charge in [-0.25, -0.2) is 4.39 Å². The predicted octanol–water partition coefficient (Wildman–Crippen LogP) is 3.89. The fourth-order valence-electron chi connectivity index (χ4n) is 2.77. The third-order valence-corrected chi connectivity index (χ3v) is 4.17. The molecular weight excluding hydrogens is 303 g/mol. The number of fused-ring (bicyclic) bond motifs is 1. The van der Waals surface area contributed by atoms with Crippen molar-refractivity contribution in [3.8, 4) is 0 Å². The number of nitrogens with zero attached hydrogens (tertiary/aromatic N) is 1. The third kappa shape index (κ3) is 2.35. The van der Waals surface area contributed by atoms with E-state index >= 15 is 0 Å². The van der Waals surface area contributed by atoms with Gasteiger partial charge >= 0.3 is 0 Å². The highest BCUT2D eigenvalue weighted by Gasteiger charge is 2.18. The van der Waals surface area contributed by atoms with Gasteiger partial charge in [0.25, 0.3) is 5.91 Å². The molecule has 1 amide bonds. The minimum Gasteiger partial charge on any atom is -0.366 e. The van der Waals surface area contributed by atoms with Gasteiger partial charge in [-0.1, -0.05) is 35.9 Å². The standard InChI is InChI=1S/C17H14ClFN2O/c1-10-16(17(20)22)13-4-2-3-5-15(13)21(10)9-11-6-7-12(19)8-14(11)18/h2-8H,9H2,1H3,(H2,20,22). The molecule has 0 bridgehead atoms. The van der Waals surface area contributed by atoms with E-state index in [4.69, 9.17) is 17.3 Å². The number of rotatable bonds is 3. The summed E-state index contributed by atoms with van der Waals surface area (Å²) in [5, 5.41) is 1.17. The van der Waals surface area contributed by atoms with Gasteiger partial charge < -0.3 is 10.3 Å². The number of benzene rings is 2. The van der Waals surface area contributed by atoms with Crippen LogP contribution in [0.2, 0.25) is 5.02 Å². The van der Waals surface area contributed by atoms with E-state index in [9.17, 15) is 9.18 Å². The molecule has 3 rings (SSSR count). The van der Waals surface area contributed by atoms with Crippen LogP contribution in [-0.4, -0.2) is 10.5 Å². The Kier molecular flexibility index (Phi) is 3.62. The Labute approximate surface area is 132 Å². The Balaban J connectivity index is 2.19. The minimum atomic E-state index is -0.461. The molecule has 0 aliphatic rings. The van der Waals surface area contributed by atoms with Gasteiger partial charge in [-0.15, -0.1) is 0 Å². The second-order valence-corrected chi connectivity index (χ2v) is 5.57. The van der Waals surface area contributed by atoms with Crippen LogP contribution in [0, 0.1) is 12.7 Å². The molecule has 2 aromatic carbocycles. The zero-order chi connectivity index (χ0) is 15.9. The van der Waals surface area contributed by atoms with Gasteiger partial charge in [0, 0.05) is 28.2 Å². The second-order valence-electron chi connectivity index (χ2n) is 5.16. The predicted molar refractivity (Wildman–Crippen MR) is 85.7 cm³/mol. The Morgan fingerprint density at radius 1 is 1.27 bits per heavy atom. The summed E-state index contributed by atoms with van der Waals surface area (Å²) in [6, 6.07) is 11.9. The molecule has 2 N–H and O–H groups in total. The number of carbonyl (C=O) groups is 1. The summed E-state index contributed by atoms with van der Waals surface area (Å²) in [6.07, 6.45) is 0. The van der Waals surface area contributed by atoms with Crippen molar-refractivity contribution in [3.63, 3.8) is 0 Å². The van der Waals surface area contributed by atoms with E-state index in [0.717, 1.165) is 22.2 Å². The lowest BCUT2D eigenvalue weighted by Crippen LogP contribution is -2.13. The summed E-state index contributed by atoms with van der Waals surface area (Å²) in [4.78, 5) is 11.7.